The largest absolute Gasteiger partial charge is 0.378 e. The summed E-state index contributed by atoms with van der Waals surface area (Å²) in [6.45, 7) is 6.51. The lowest BCUT2D eigenvalue weighted by Crippen LogP contribution is -2.67. The van der Waals surface area contributed by atoms with Crippen molar-refractivity contribution in [2.75, 3.05) is 6.61 Å². The Morgan fingerprint density at radius 3 is 2.70 bits per heavy atom. The molecule has 3 rings (SSSR count). The Labute approximate surface area is 132 Å². The molecule has 1 saturated carbocycles. The first-order valence-corrected chi connectivity index (χ1v) is 7.49. The van der Waals surface area contributed by atoms with Gasteiger partial charge in [0.25, 0.3) is 0 Å². The molecule has 1 aromatic carbocycles. The van der Waals surface area contributed by atoms with Crippen LogP contribution in [0.25, 0.3) is 11.4 Å². The molecule has 0 spiro atoms. The summed E-state index contributed by atoms with van der Waals surface area (Å²) < 4.78 is 37.3. The first-order valence-electron chi connectivity index (χ1n) is 7.49. The molecular weight excluding hydrogens is 304 g/mol. The molecule has 2 N–H and O–H groups in total. The van der Waals surface area contributed by atoms with Crippen molar-refractivity contribution in [3.8, 4) is 11.4 Å². The summed E-state index contributed by atoms with van der Waals surface area (Å²) in [7, 11) is 0. The van der Waals surface area contributed by atoms with Gasteiger partial charge in [-0.2, -0.15) is 4.98 Å². The Hall–Kier alpha value is -1.86. The van der Waals surface area contributed by atoms with E-state index in [1.807, 2.05) is 20.8 Å². The van der Waals surface area contributed by atoms with Gasteiger partial charge in [-0.25, -0.2) is 8.78 Å². The van der Waals surface area contributed by atoms with Crippen LogP contribution in [-0.4, -0.2) is 22.9 Å². The van der Waals surface area contributed by atoms with Gasteiger partial charge in [0.05, 0.1) is 6.10 Å². The lowest BCUT2D eigenvalue weighted by Gasteiger charge is -2.56. The van der Waals surface area contributed by atoms with Crippen LogP contribution >= 0.6 is 0 Å². The second-order valence-corrected chi connectivity index (χ2v) is 6.39. The number of benzene rings is 1. The van der Waals surface area contributed by atoms with Gasteiger partial charge in [-0.05, 0) is 25.1 Å². The summed E-state index contributed by atoms with van der Waals surface area (Å²) in [4.78, 5) is 4.29. The van der Waals surface area contributed by atoms with Crippen LogP contribution in [0.15, 0.2) is 22.7 Å². The number of hydrogen-bond donors (Lipinski definition) is 1. The molecule has 23 heavy (non-hydrogen) atoms. The van der Waals surface area contributed by atoms with E-state index in [4.69, 9.17) is 15.0 Å². The monoisotopic (exact) mass is 323 g/mol. The summed E-state index contributed by atoms with van der Waals surface area (Å²) >= 11 is 0. The highest BCUT2D eigenvalue weighted by Crippen LogP contribution is 2.55. The Kier molecular flexibility index (Phi) is 3.72. The number of ether oxygens (including phenoxy) is 1. The van der Waals surface area contributed by atoms with Gasteiger partial charge in [0.15, 0.2) is 11.6 Å². The van der Waals surface area contributed by atoms with Crippen molar-refractivity contribution >= 4 is 0 Å². The number of nitrogens with zero attached hydrogens (tertiary/aromatic N) is 2. The first-order chi connectivity index (χ1) is 10.8. The van der Waals surface area contributed by atoms with Crippen molar-refractivity contribution in [3.05, 3.63) is 35.7 Å². The fourth-order valence-corrected chi connectivity index (χ4v) is 2.96. The van der Waals surface area contributed by atoms with Crippen LogP contribution in [0.2, 0.25) is 0 Å². The van der Waals surface area contributed by atoms with Crippen LogP contribution in [0.5, 0.6) is 0 Å². The van der Waals surface area contributed by atoms with Crippen molar-refractivity contribution in [1.29, 1.82) is 0 Å². The van der Waals surface area contributed by atoms with Gasteiger partial charge in [0.2, 0.25) is 11.7 Å². The van der Waals surface area contributed by atoms with Gasteiger partial charge in [-0.15, -0.1) is 0 Å². The Bertz CT molecular complexity index is 732. The lowest BCUT2D eigenvalue weighted by atomic mass is 9.54. The maximum Gasteiger partial charge on any atom is 0.247 e. The van der Waals surface area contributed by atoms with Crippen LogP contribution in [0.1, 0.15) is 33.1 Å². The van der Waals surface area contributed by atoms with E-state index in [1.54, 1.807) is 0 Å². The maximum absolute atomic E-state index is 13.3. The predicted molar refractivity (Wildman–Crippen MR) is 79.3 cm³/mol. The molecular formula is C16H19F2N3O2. The van der Waals surface area contributed by atoms with E-state index in [2.05, 4.69) is 10.1 Å². The minimum Gasteiger partial charge on any atom is -0.378 e. The predicted octanol–water partition coefficient (Wildman–Crippen LogP) is 3.00. The van der Waals surface area contributed by atoms with E-state index in [1.165, 1.54) is 6.07 Å². The third kappa shape index (κ3) is 2.35. The van der Waals surface area contributed by atoms with Crippen molar-refractivity contribution in [2.45, 2.75) is 38.8 Å². The minimum atomic E-state index is -0.961. The SMILES string of the molecule is CCOC1CC(N)(c2nc(-c3ccc(F)c(F)c3)no2)C1(C)C. The van der Waals surface area contributed by atoms with Crippen molar-refractivity contribution < 1.29 is 18.0 Å². The van der Waals surface area contributed by atoms with E-state index < -0.39 is 17.2 Å². The zero-order valence-corrected chi connectivity index (χ0v) is 13.3. The van der Waals surface area contributed by atoms with E-state index in [0.717, 1.165) is 12.1 Å². The molecule has 0 saturated heterocycles. The second-order valence-electron chi connectivity index (χ2n) is 6.39. The van der Waals surface area contributed by atoms with E-state index >= 15 is 0 Å². The normalized spacial score (nSPS) is 26.1. The van der Waals surface area contributed by atoms with Crippen molar-refractivity contribution in [3.63, 3.8) is 0 Å². The summed E-state index contributed by atoms with van der Waals surface area (Å²) in [5, 5.41) is 3.85. The average molecular weight is 323 g/mol. The molecule has 1 heterocycles. The van der Waals surface area contributed by atoms with Crippen LogP contribution in [0.3, 0.4) is 0 Å². The fraction of sp³-hybridized carbons (Fsp3) is 0.500. The standard InChI is InChI=1S/C16H19F2N3O2/c1-4-22-12-8-16(19,15(12,2)3)14-20-13(21-23-14)9-5-6-10(17)11(18)7-9/h5-7,12H,4,8,19H2,1-3H3. The zero-order valence-electron chi connectivity index (χ0n) is 13.3. The molecule has 1 aliphatic carbocycles. The number of rotatable bonds is 4. The van der Waals surface area contributed by atoms with Gasteiger partial charge in [0, 0.05) is 24.0 Å². The van der Waals surface area contributed by atoms with Crippen LogP contribution in [0, 0.1) is 17.0 Å². The van der Waals surface area contributed by atoms with Gasteiger partial charge >= 0.3 is 0 Å². The molecule has 0 radical (unpaired) electrons. The second kappa shape index (κ2) is 5.35. The molecule has 2 atom stereocenters. The number of nitrogens with two attached hydrogens (primary N) is 1. The molecule has 5 nitrogen and oxygen atoms in total. The summed E-state index contributed by atoms with van der Waals surface area (Å²) in [5.74, 6) is -1.43. The summed E-state index contributed by atoms with van der Waals surface area (Å²) in [5.41, 5.74) is 5.61. The van der Waals surface area contributed by atoms with Crippen LogP contribution < -0.4 is 5.73 Å². The quantitative estimate of drug-likeness (QED) is 0.936. The van der Waals surface area contributed by atoms with E-state index in [-0.39, 0.29) is 23.2 Å². The molecule has 0 bridgehead atoms. The first kappa shape index (κ1) is 16.0. The number of aromatic nitrogens is 2. The lowest BCUT2D eigenvalue weighted by molar-refractivity contribution is -0.162. The average Bonchev–Trinajstić information content (AvgIpc) is 3.00. The third-order valence-electron chi connectivity index (χ3n) is 4.82. The smallest absolute Gasteiger partial charge is 0.247 e. The highest BCUT2D eigenvalue weighted by Gasteiger charge is 2.62. The Morgan fingerprint density at radius 2 is 2.09 bits per heavy atom. The molecule has 0 aliphatic heterocycles. The van der Waals surface area contributed by atoms with Gasteiger partial charge in [-0.1, -0.05) is 19.0 Å². The molecule has 1 fully saturated rings. The van der Waals surface area contributed by atoms with E-state index in [9.17, 15) is 8.78 Å². The molecule has 0 amide bonds. The maximum atomic E-state index is 13.3. The Balaban J connectivity index is 1.89. The topological polar surface area (TPSA) is 74.2 Å². The molecule has 7 heteroatoms. The third-order valence-corrected chi connectivity index (χ3v) is 4.82. The minimum absolute atomic E-state index is 0.0103. The highest BCUT2D eigenvalue weighted by molar-refractivity contribution is 5.54. The van der Waals surface area contributed by atoms with Gasteiger partial charge < -0.3 is 15.0 Å². The van der Waals surface area contributed by atoms with Gasteiger partial charge in [0.1, 0.15) is 5.54 Å². The summed E-state index contributed by atoms with van der Waals surface area (Å²) in [6, 6.07) is 3.45. The molecule has 1 aromatic heterocycles. The fourth-order valence-electron chi connectivity index (χ4n) is 2.96. The number of hydrogen-bond acceptors (Lipinski definition) is 5. The number of halogens is 2. The molecule has 2 aromatic rings. The molecule has 1 aliphatic rings. The zero-order chi connectivity index (χ0) is 16.8. The van der Waals surface area contributed by atoms with Crippen LogP contribution in [-0.2, 0) is 10.3 Å². The highest BCUT2D eigenvalue weighted by atomic mass is 19.2. The molecule has 2 unspecified atom stereocenters. The Morgan fingerprint density at radius 1 is 1.35 bits per heavy atom. The summed E-state index contributed by atoms with van der Waals surface area (Å²) in [6.07, 6.45) is 0.573. The van der Waals surface area contributed by atoms with Crippen LogP contribution in [0.4, 0.5) is 8.78 Å². The van der Waals surface area contributed by atoms with Crippen molar-refractivity contribution in [1.82, 2.24) is 10.1 Å². The van der Waals surface area contributed by atoms with E-state index in [0.29, 0.717) is 18.6 Å². The molecule has 124 valence electrons. The van der Waals surface area contributed by atoms with Crippen molar-refractivity contribution in [2.24, 2.45) is 11.1 Å². The van der Waals surface area contributed by atoms with Gasteiger partial charge in [-0.3, -0.25) is 0 Å².